The van der Waals surface area contributed by atoms with E-state index < -0.39 is 15.8 Å². The van der Waals surface area contributed by atoms with E-state index in [2.05, 4.69) is 4.72 Å². The van der Waals surface area contributed by atoms with Gasteiger partial charge < -0.3 is 4.74 Å². The van der Waals surface area contributed by atoms with E-state index in [9.17, 15) is 17.6 Å². The van der Waals surface area contributed by atoms with Crippen LogP contribution in [0, 0.1) is 5.82 Å². The number of rotatable bonds is 7. The maximum Gasteiger partial charge on any atom is 0.305 e. The van der Waals surface area contributed by atoms with Gasteiger partial charge in [-0.15, -0.1) is 0 Å². The summed E-state index contributed by atoms with van der Waals surface area (Å²) < 4.78 is 43.7. The number of nitrogens with one attached hydrogen (secondary N) is 1. The largest absolute Gasteiger partial charge is 0.466 e. The molecular formula is C12H15ClFNO4S. The van der Waals surface area contributed by atoms with Crippen molar-refractivity contribution in [3.05, 3.63) is 29.0 Å². The first kappa shape index (κ1) is 16.9. The zero-order valence-corrected chi connectivity index (χ0v) is 12.4. The second kappa shape index (κ2) is 7.56. The molecule has 1 N–H and O–H groups in total. The third-order valence-electron chi connectivity index (χ3n) is 2.34. The molecule has 0 fully saturated rings. The van der Waals surface area contributed by atoms with Crippen LogP contribution >= 0.6 is 11.6 Å². The van der Waals surface area contributed by atoms with Gasteiger partial charge in [0.1, 0.15) is 10.7 Å². The van der Waals surface area contributed by atoms with E-state index in [0.29, 0.717) is 6.42 Å². The lowest BCUT2D eigenvalue weighted by Crippen LogP contribution is -2.25. The minimum absolute atomic E-state index is 0.0643. The molecule has 0 aliphatic rings. The first-order chi connectivity index (χ1) is 9.36. The van der Waals surface area contributed by atoms with Gasteiger partial charge in [0.05, 0.1) is 11.6 Å². The number of carbonyl (C=O) groups is 1. The van der Waals surface area contributed by atoms with Crippen LogP contribution in [-0.4, -0.2) is 27.5 Å². The fourth-order valence-corrected chi connectivity index (χ4v) is 3.05. The van der Waals surface area contributed by atoms with Crippen LogP contribution in [0.15, 0.2) is 23.1 Å². The zero-order valence-electron chi connectivity index (χ0n) is 10.9. The maximum atomic E-state index is 12.9. The van der Waals surface area contributed by atoms with Gasteiger partial charge in [0.15, 0.2) is 0 Å². The highest BCUT2D eigenvalue weighted by atomic mass is 35.5. The van der Waals surface area contributed by atoms with Crippen LogP contribution in [0.5, 0.6) is 0 Å². The summed E-state index contributed by atoms with van der Waals surface area (Å²) in [5.41, 5.74) is 0. The Morgan fingerprint density at radius 3 is 2.75 bits per heavy atom. The van der Waals surface area contributed by atoms with Crippen LogP contribution in [0.1, 0.15) is 19.8 Å². The molecule has 5 nitrogen and oxygen atoms in total. The van der Waals surface area contributed by atoms with E-state index in [1.54, 1.807) is 6.92 Å². The first-order valence-corrected chi connectivity index (χ1v) is 7.83. The van der Waals surface area contributed by atoms with Crippen molar-refractivity contribution in [3.8, 4) is 0 Å². The number of hydrogen-bond acceptors (Lipinski definition) is 4. The summed E-state index contributed by atoms with van der Waals surface area (Å²) in [7, 11) is -3.82. The molecule has 1 aromatic carbocycles. The first-order valence-electron chi connectivity index (χ1n) is 5.97. The molecule has 0 heterocycles. The van der Waals surface area contributed by atoms with Crippen molar-refractivity contribution in [2.24, 2.45) is 0 Å². The van der Waals surface area contributed by atoms with Crippen LogP contribution in [0.2, 0.25) is 5.02 Å². The molecule has 8 heteroatoms. The Hall–Kier alpha value is -1.18. The van der Waals surface area contributed by atoms with E-state index >= 15 is 0 Å². The molecule has 0 bridgehead atoms. The Balaban J connectivity index is 2.56. The number of sulfonamides is 1. The normalized spacial score (nSPS) is 11.3. The third kappa shape index (κ3) is 5.07. The third-order valence-corrected chi connectivity index (χ3v) is 4.28. The second-order valence-electron chi connectivity index (χ2n) is 3.88. The molecule has 0 atom stereocenters. The molecule has 1 aromatic rings. The van der Waals surface area contributed by atoms with Crippen molar-refractivity contribution in [2.45, 2.75) is 24.7 Å². The Kier molecular flexibility index (Phi) is 6.38. The van der Waals surface area contributed by atoms with Gasteiger partial charge in [-0.1, -0.05) is 11.6 Å². The lowest BCUT2D eigenvalue weighted by atomic mass is 10.3. The molecular weight excluding hydrogens is 309 g/mol. The fraction of sp³-hybridized carbons (Fsp3) is 0.417. The van der Waals surface area contributed by atoms with E-state index in [1.807, 2.05) is 0 Å². The number of halogens is 2. The Bertz CT molecular complexity index is 577. The van der Waals surface area contributed by atoms with Gasteiger partial charge in [-0.25, -0.2) is 17.5 Å². The van der Waals surface area contributed by atoms with Gasteiger partial charge in [0, 0.05) is 13.0 Å². The Morgan fingerprint density at radius 1 is 1.45 bits per heavy atom. The molecule has 0 saturated heterocycles. The van der Waals surface area contributed by atoms with Crippen LogP contribution in [0.3, 0.4) is 0 Å². The highest BCUT2D eigenvalue weighted by Gasteiger charge is 2.17. The van der Waals surface area contributed by atoms with Crippen LogP contribution in [0.25, 0.3) is 0 Å². The topological polar surface area (TPSA) is 72.5 Å². The van der Waals surface area contributed by atoms with E-state index in [0.717, 1.165) is 18.2 Å². The molecule has 0 aliphatic carbocycles. The SMILES string of the molecule is CCOC(=O)CCCNS(=O)(=O)c1ccc(F)cc1Cl. The summed E-state index contributed by atoms with van der Waals surface area (Å²) in [6, 6.07) is 3.03. The Morgan fingerprint density at radius 2 is 2.15 bits per heavy atom. The quantitative estimate of drug-likeness (QED) is 0.616. The van der Waals surface area contributed by atoms with Crippen molar-refractivity contribution >= 4 is 27.6 Å². The van der Waals surface area contributed by atoms with E-state index in [4.69, 9.17) is 16.3 Å². The standard InChI is InChI=1S/C12H15ClFNO4S/c1-2-19-12(16)4-3-7-15-20(17,18)11-6-5-9(14)8-10(11)13/h5-6,8,15H,2-4,7H2,1H3. The molecule has 20 heavy (non-hydrogen) atoms. The number of carbonyl (C=O) groups excluding carboxylic acids is 1. The molecule has 0 aromatic heterocycles. The molecule has 0 amide bonds. The highest BCUT2D eigenvalue weighted by molar-refractivity contribution is 7.89. The molecule has 0 unspecified atom stereocenters. The van der Waals surface area contributed by atoms with Crippen molar-refractivity contribution in [1.29, 1.82) is 0 Å². The molecule has 112 valence electrons. The summed E-state index contributed by atoms with van der Waals surface area (Å²) in [5.74, 6) is -0.997. The van der Waals surface area contributed by atoms with E-state index in [-0.39, 0.29) is 35.5 Å². The fourth-order valence-electron chi connectivity index (χ4n) is 1.44. The van der Waals surface area contributed by atoms with Crippen LogP contribution in [-0.2, 0) is 19.6 Å². The monoisotopic (exact) mass is 323 g/mol. The predicted octanol–water partition coefficient (Wildman–Crippen LogP) is 2.10. The van der Waals surface area contributed by atoms with Crippen LogP contribution < -0.4 is 4.72 Å². The number of hydrogen-bond donors (Lipinski definition) is 1. The summed E-state index contributed by atoms with van der Waals surface area (Å²) in [6.45, 7) is 2.04. The van der Waals surface area contributed by atoms with Gasteiger partial charge in [0.25, 0.3) is 0 Å². The summed E-state index contributed by atoms with van der Waals surface area (Å²) in [4.78, 5) is 10.9. The summed E-state index contributed by atoms with van der Waals surface area (Å²) in [6.07, 6.45) is 0.421. The van der Waals surface area contributed by atoms with Crippen molar-refractivity contribution in [1.82, 2.24) is 4.72 Å². The summed E-state index contributed by atoms with van der Waals surface area (Å²) in [5, 5.41) is -0.192. The average Bonchev–Trinajstić information content (AvgIpc) is 2.34. The summed E-state index contributed by atoms with van der Waals surface area (Å²) >= 11 is 5.69. The van der Waals surface area contributed by atoms with Crippen molar-refractivity contribution in [3.63, 3.8) is 0 Å². The number of benzene rings is 1. The molecule has 0 spiro atoms. The maximum absolute atomic E-state index is 12.9. The minimum Gasteiger partial charge on any atom is -0.466 e. The van der Waals surface area contributed by atoms with Gasteiger partial charge >= 0.3 is 5.97 Å². The van der Waals surface area contributed by atoms with E-state index in [1.165, 1.54) is 0 Å². The smallest absolute Gasteiger partial charge is 0.305 e. The molecule has 0 saturated carbocycles. The lowest BCUT2D eigenvalue weighted by Gasteiger charge is -2.08. The van der Waals surface area contributed by atoms with Gasteiger partial charge in [-0.3, -0.25) is 4.79 Å². The van der Waals surface area contributed by atoms with Crippen molar-refractivity contribution < 1.29 is 22.3 Å². The predicted molar refractivity (Wildman–Crippen MR) is 72.5 cm³/mol. The van der Waals surface area contributed by atoms with Gasteiger partial charge in [0.2, 0.25) is 10.0 Å². The molecule has 0 radical (unpaired) electrons. The number of esters is 1. The molecule has 1 rings (SSSR count). The lowest BCUT2D eigenvalue weighted by molar-refractivity contribution is -0.143. The average molecular weight is 324 g/mol. The number of ether oxygens (including phenoxy) is 1. The Labute approximate surface area is 122 Å². The minimum atomic E-state index is -3.82. The zero-order chi connectivity index (χ0) is 15.2. The highest BCUT2D eigenvalue weighted by Crippen LogP contribution is 2.21. The van der Waals surface area contributed by atoms with Gasteiger partial charge in [-0.05, 0) is 31.5 Å². The van der Waals surface area contributed by atoms with Crippen LogP contribution in [0.4, 0.5) is 4.39 Å². The molecule has 0 aliphatic heterocycles. The second-order valence-corrected chi connectivity index (χ2v) is 6.02. The van der Waals surface area contributed by atoms with Gasteiger partial charge in [-0.2, -0.15) is 0 Å². The van der Waals surface area contributed by atoms with Crippen molar-refractivity contribution in [2.75, 3.05) is 13.2 Å².